The van der Waals surface area contributed by atoms with E-state index in [2.05, 4.69) is 24.1 Å². The molecule has 0 spiro atoms. The van der Waals surface area contributed by atoms with E-state index >= 15 is 0 Å². The minimum Gasteiger partial charge on any atom is -0.372 e. The molecule has 0 amide bonds. The monoisotopic (exact) mass is 274 g/mol. The molecule has 2 aliphatic heterocycles. The van der Waals surface area contributed by atoms with Gasteiger partial charge in [0.25, 0.3) is 0 Å². The van der Waals surface area contributed by atoms with Crippen molar-refractivity contribution in [3.05, 3.63) is 0 Å². The number of nitrogens with one attached hydrogen (secondary N) is 1. The largest absolute Gasteiger partial charge is 0.372 e. The van der Waals surface area contributed by atoms with E-state index in [9.17, 15) is 4.21 Å². The number of hydrogen-bond donors (Lipinski definition) is 1. The summed E-state index contributed by atoms with van der Waals surface area (Å²) in [4.78, 5) is 2.41. The molecule has 5 heteroatoms. The van der Waals surface area contributed by atoms with Crippen LogP contribution in [0, 0.1) is 0 Å². The Balaban J connectivity index is 1.64. The van der Waals surface area contributed by atoms with E-state index in [0.717, 1.165) is 37.7 Å². The van der Waals surface area contributed by atoms with Crippen LogP contribution in [0.25, 0.3) is 0 Å². The van der Waals surface area contributed by atoms with Gasteiger partial charge in [-0.2, -0.15) is 0 Å². The van der Waals surface area contributed by atoms with Crippen LogP contribution in [0.3, 0.4) is 0 Å². The van der Waals surface area contributed by atoms with Gasteiger partial charge < -0.3 is 10.1 Å². The van der Waals surface area contributed by atoms with Crippen LogP contribution in [0.1, 0.15) is 26.7 Å². The van der Waals surface area contributed by atoms with E-state index < -0.39 is 10.8 Å². The van der Waals surface area contributed by atoms with Crippen molar-refractivity contribution < 1.29 is 8.95 Å². The first-order valence-electron chi connectivity index (χ1n) is 7.09. The molecule has 1 N–H and O–H groups in total. The van der Waals surface area contributed by atoms with Gasteiger partial charge in [-0.3, -0.25) is 9.11 Å². The van der Waals surface area contributed by atoms with Crippen molar-refractivity contribution in [3.63, 3.8) is 0 Å². The fourth-order valence-electron chi connectivity index (χ4n) is 2.58. The maximum absolute atomic E-state index is 11.3. The average Bonchev–Trinajstić information content (AvgIpc) is 2.77. The molecule has 2 saturated heterocycles. The summed E-state index contributed by atoms with van der Waals surface area (Å²) in [6.07, 6.45) is 3.11. The zero-order chi connectivity index (χ0) is 13.0. The highest BCUT2D eigenvalue weighted by molar-refractivity contribution is 7.85. The van der Waals surface area contributed by atoms with Crippen molar-refractivity contribution in [3.8, 4) is 0 Å². The standard InChI is InChI=1S/C13H26N2O2S/c1-11(2)14-9-12-3-4-13(17-12)10-15-5-7-18(16)8-6-15/h11-14H,3-10H2,1-2H3. The predicted octanol–water partition coefficient (Wildman–Crippen LogP) is 0.596. The summed E-state index contributed by atoms with van der Waals surface area (Å²) in [5.74, 6) is 1.68. The summed E-state index contributed by atoms with van der Waals surface area (Å²) in [6.45, 7) is 8.27. The highest BCUT2D eigenvalue weighted by Gasteiger charge is 2.27. The highest BCUT2D eigenvalue weighted by atomic mass is 32.2. The van der Waals surface area contributed by atoms with Crippen molar-refractivity contribution in [2.75, 3.05) is 37.7 Å². The van der Waals surface area contributed by atoms with Gasteiger partial charge in [0, 0.05) is 54.5 Å². The molecule has 0 aromatic heterocycles. The Morgan fingerprint density at radius 2 is 1.94 bits per heavy atom. The Labute approximate surface area is 113 Å². The summed E-state index contributed by atoms with van der Waals surface area (Å²) in [7, 11) is -0.572. The Bertz CT molecular complexity index is 276. The van der Waals surface area contributed by atoms with Crippen LogP contribution in [-0.4, -0.2) is 65.0 Å². The maximum Gasteiger partial charge on any atom is 0.0707 e. The quantitative estimate of drug-likeness (QED) is 0.797. The third kappa shape index (κ3) is 4.61. The van der Waals surface area contributed by atoms with Crippen LogP contribution in [-0.2, 0) is 15.5 Å². The zero-order valence-electron chi connectivity index (χ0n) is 11.6. The van der Waals surface area contributed by atoms with E-state index in [1.54, 1.807) is 0 Å². The van der Waals surface area contributed by atoms with E-state index in [-0.39, 0.29) is 0 Å². The number of ether oxygens (including phenoxy) is 1. The Kier molecular flexibility index (Phi) is 5.60. The Hall–Kier alpha value is 0.0300. The molecular weight excluding hydrogens is 248 g/mol. The van der Waals surface area contributed by atoms with Gasteiger partial charge in [-0.25, -0.2) is 0 Å². The van der Waals surface area contributed by atoms with Gasteiger partial charge in [-0.05, 0) is 12.8 Å². The van der Waals surface area contributed by atoms with Gasteiger partial charge >= 0.3 is 0 Å². The minimum atomic E-state index is -0.572. The van der Waals surface area contributed by atoms with E-state index in [4.69, 9.17) is 4.74 Å². The summed E-state index contributed by atoms with van der Waals surface area (Å²) in [5, 5.41) is 3.44. The summed E-state index contributed by atoms with van der Waals surface area (Å²) in [5.41, 5.74) is 0. The number of rotatable bonds is 5. The second-order valence-corrected chi connectivity index (χ2v) is 7.37. The molecule has 0 aromatic carbocycles. The average molecular weight is 274 g/mol. The van der Waals surface area contributed by atoms with Crippen molar-refractivity contribution in [2.24, 2.45) is 0 Å². The van der Waals surface area contributed by atoms with Crippen LogP contribution in [0.5, 0.6) is 0 Å². The Morgan fingerprint density at radius 1 is 1.28 bits per heavy atom. The van der Waals surface area contributed by atoms with Crippen LogP contribution in [0.4, 0.5) is 0 Å². The van der Waals surface area contributed by atoms with Crippen molar-refractivity contribution >= 4 is 10.8 Å². The molecule has 0 radical (unpaired) electrons. The van der Waals surface area contributed by atoms with Crippen molar-refractivity contribution in [1.29, 1.82) is 0 Å². The third-order valence-corrected chi connectivity index (χ3v) is 4.96. The van der Waals surface area contributed by atoms with Gasteiger partial charge in [-0.1, -0.05) is 13.8 Å². The van der Waals surface area contributed by atoms with Crippen molar-refractivity contribution in [2.45, 2.75) is 44.9 Å². The topological polar surface area (TPSA) is 41.6 Å². The van der Waals surface area contributed by atoms with E-state index in [0.29, 0.717) is 18.2 Å². The number of hydrogen-bond acceptors (Lipinski definition) is 4. The molecule has 4 nitrogen and oxygen atoms in total. The third-order valence-electron chi connectivity index (χ3n) is 3.68. The van der Waals surface area contributed by atoms with Crippen LogP contribution < -0.4 is 5.32 Å². The Morgan fingerprint density at radius 3 is 2.61 bits per heavy atom. The normalized spacial score (nSPS) is 31.3. The number of nitrogens with zero attached hydrogens (tertiary/aromatic N) is 1. The molecule has 18 heavy (non-hydrogen) atoms. The molecule has 106 valence electrons. The maximum atomic E-state index is 11.3. The molecule has 2 fully saturated rings. The smallest absolute Gasteiger partial charge is 0.0707 e. The molecule has 2 rings (SSSR count). The highest BCUT2D eigenvalue weighted by Crippen LogP contribution is 2.20. The summed E-state index contributed by atoms with van der Waals surface area (Å²) < 4.78 is 17.4. The second kappa shape index (κ2) is 6.98. The minimum absolute atomic E-state index is 0.385. The van der Waals surface area contributed by atoms with E-state index in [1.165, 1.54) is 12.8 Å². The predicted molar refractivity (Wildman–Crippen MR) is 75.4 cm³/mol. The summed E-state index contributed by atoms with van der Waals surface area (Å²) in [6, 6.07) is 0.532. The molecule has 0 aliphatic carbocycles. The van der Waals surface area contributed by atoms with Gasteiger partial charge in [0.2, 0.25) is 0 Å². The lowest BCUT2D eigenvalue weighted by Gasteiger charge is -2.28. The fourth-order valence-corrected chi connectivity index (χ4v) is 3.71. The first-order valence-corrected chi connectivity index (χ1v) is 8.58. The zero-order valence-corrected chi connectivity index (χ0v) is 12.4. The van der Waals surface area contributed by atoms with E-state index in [1.807, 2.05) is 0 Å². The molecule has 2 atom stereocenters. The lowest BCUT2D eigenvalue weighted by Crippen LogP contribution is -2.42. The SMILES string of the molecule is CC(C)NCC1CCC(CN2CCS(=O)CC2)O1. The first-order chi connectivity index (χ1) is 8.63. The molecule has 2 aliphatic rings. The molecule has 0 saturated carbocycles. The molecular formula is C13H26N2O2S. The molecule has 2 unspecified atom stereocenters. The fraction of sp³-hybridized carbons (Fsp3) is 1.00. The summed E-state index contributed by atoms with van der Waals surface area (Å²) >= 11 is 0. The van der Waals surface area contributed by atoms with Crippen LogP contribution in [0.2, 0.25) is 0 Å². The second-order valence-electron chi connectivity index (χ2n) is 5.67. The van der Waals surface area contributed by atoms with Gasteiger partial charge in [-0.15, -0.1) is 0 Å². The molecule has 2 heterocycles. The van der Waals surface area contributed by atoms with Gasteiger partial charge in [0.1, 0.15) is 0 Å². The first kappa shape index (κ1) is 14.4. The van der Waals surface area contributed by atoms with Gasteiger partial charge in [0.05, 0.1) is 12.2 Å². The lowest BCUT2D eigenvalue weighted by atomic mass is 10.2. The lowest BCUT2D eigenvalue weighted by molar-refractivity contribution is 0.0242. The van der Waals surface area contributed by atoms with Crippen molar-refractivity contribution in [1.82, 2.24) is 10.2 Å². The molecule has 0 aromatic rings. The molecule has 0 bridgehead atoms. The van der Waals surface area contributed by atoms with Gasteiger partial charge in [0.15, 0.2) is 0 Å². The van der Waals surface area contributed by atoms with Crippen LogP contribution >= 0.6 is 0 Å². The van der Waals surface area contributed by atoms with Crippen LogP contribution in [0.15, 0.2) is 0 Å².